The van der Waals surface area contributed by atoms with Gasteiger partial charge in [-0.05, 0) is 72.7 Å². The van der Waals surface area contributed by atoms with Gasteiger partial charge in [-0.3, -0.25) is 4.79 Å². The van der Waals surface area contributed by atoms with Crippen molar-refractivity contribution in [1.29, 1.82) is 0 Å². The summed E-state index contributed by atoms with van der Waals surface area (Å²) in [5, 5.41) is 0. The van der Waals surface area contributed by atoms with Crippen molar-refractivity contribution in [2.75, 3.05) is 20.2 Å². The molecule has 6 heteroatoms. The number of carbonyl (C=O) groups excluding carboxylic acids is 1. The highest BCUT2D eigenvalue weighted by Gasteiger charge is 2.24. The first-order valence-corrected chi connectivity index (χ1v) is 12.9. The van der Waals surface area contributed by atoms with Crippen LogP contribution in [0.15, 0.2) is 83.8 Å². The Morgan fingerprint density at radius 3 is 2.09 bits per heavy atom. The van der Waals surface area contributed by atoms with Gasteiger partial charge in [0.1, 0.15) is 5.75 Å². The minimum Gasteiger partial charge on any atom is -0.497 e. The minimum absolute atomic E-state index is 0.00960. The van der Waals surface area contributed by atoms with E-state index in [2.05, 4.69) is 12.1 Å². The number of rotatable bonds is 7. The number of benzene rings is 3. The van der Waals surface area contributed by atoms with Crippen LogP contribution in [0, 0.1) is 5.92 Å². The molecule has 1 saturated heterocycles. The molecule has 0 bridgehead atoms. The summed E-state index contributed by atoms with van der Waals surface area (Å²) >= 11 is 0. The quantitative estimate of drug-likeness (QED) is 0.507. The number of hydrogen-bond acceptors (Lipinski definition) is 4. The van der Waals surface area contributed by atoms with Crippen LogP contribution in [0.25, 0.3) is 0 Å². The summed E-state index contributed by atoms with van der Waals surface area (Å²) in [5.74, 6) is 1.36. The molecule has 0 atom stereocenters. The van der Waals surface area contributed by atoms with Gasteiger partial charge in [-0.2, -0.15) is 0 Å². The van der Waals surface area contributed by atoms with E-state index in [1.807, 2.05) is 17.0 Å². The van der Waals surface area contributed by atoms with Crippen LogP contribution in [-0.4, -0.2) is 39.4 Å². The lowest BCUT2D eigenvalue weighted by atomic mass is 9.90. The molecule has 0 spiro atoms. The maximum Gasteiger partial charge on any atom is 0.253 e. The largest absolute Gasteiger partial charge is 0.497 e. The molecule has 0 aliphatic carbocycles. The molecule has 3 aromatic carbocycles. The highest BCUT2D eigenvalue weighted by Crippen LogP contribution is 2.24. The smallest absolute Gasteiger partial charge is 0.253 e. The van der Waals surface area contributed by atoms with E-state index in [9.17, 15) is 13.2 Å². The first kappa shape index (κ1) is 23.1. The molecule has 0 unspecified atom stereocenters. The SMILES string of the molecule is COc1ccc(CC2CCN(C(=O)c3ccc(CS(=O)(=O)c4ccccc4)cc3)CC2)cc1. The Morgan fingerprint density at radius 1 is 0.879 bits per heavy atom. The van der Waals surface area contributed by atoms with Gasteiger partial charge in [0.05, 0.1) is 17.8 Å². The standard InChI is InChI=1S/C27H29NO4S/c1-32-25-13-9-21(10-14-25)19-22-15-17-28(18-16-22)27(29)24-11-7-23(8-12-24)20-33(30,31)26-5-3-2-4-6-26/h2-14,22H,15-20H2,1H3. The molecule has 5 nitrogen and oxygen atoms in total. The van der Waals surface area contributed by atoms with E-state index in [0.717, 1.165) is 38.1 Å². The van der Waals surface area contributed by atoms with Crippen LogP contribution >= 0.6 is 0 Å². The predicted molar refractivity (Wildman–Crippen MR) is 129 cm³/mol. The van der Waals surface area contributed by atoms with Gasteiger partial charge in [0, 0.05) is 18.7 Å². The molecule has 4 rings (SSSR count). The fourth-order valence-electron chi connectivity index (χ4n) is 4.29. The van der Waals surface area contributed by atoms with Gasteiger partial charge in [0.15, 0.2) is 9.84 Å². The van der Waals surface area contributed by atoms with Crippen molar-refractivity contribution < 1.29 is 17.9 Å². The van der Waals surface area contributed by atoms with Gasteiger partial charge < -0.3 is 9.64 Å². The van der Waals surface area contributed by atoms with Crippen molar-refractivity contribution in [2.45, 2.75) is 29.9 Å². The van der Waals surface area contributed by atoms with E-state index < -0.39 is 9.84 Å². The molecule has 0 aromatic heterocycles. The molecule has 1 heterocycles. The number of piperidine rings is 1. The third-order valence-corrected chi connectivity index (χ3v) is 7.95. The number of ether oxygens (including phenoxy) is 1. The highest BCUT2D eigenvalue weighted by molar-refractivity contribution is 7.90. The summed E-state index contributed by atoms with van der Waals surface area (Å²) in [6.07, 6.45) is 2.97. The van der Waals surface area contributed by atoms with E-state index >= 15 is 0 Å². The summed E-state index contributed by atoms with van der Waals surface area (Å²) < 4.78 is 30.4. The monoisotopic (exact) mass is 463 g/mol. The minimum atomic E-state index is -3.41. The zero-order valence-electron chi connectivity index (χ0n) is 18.8. The molecule has 0 N–H and O–H groups in total. The number of amides is 1. The van der Waals surface area contributed by atoms with Crippen molar-refractivity contribution in [3.8, 4) is 5.75 Å². The second-order valence-electron chi connectivity index (χ2n) is 8.56. The van der Waals surface area contributed by atoms with Crippen molar-refractivity contribution in [3.05, 3.63) is 95.6 Å². The topological polar surface area (TPSA) is 63.7 Å². The molecule has 0 saturated carbocycles. The van der Waals surface area contributed by atoms with E-state index in [1.54, 1.807) is 61.7 Å². The van der Waals surface area contributed by atoms with Gasteiger partial charge in [-0.25, -0.2) is 8.42 Å². The molecule has 1 aliphatic rings. The second-order valence-corrected chi connectivity index (χ2v) is 10.5. The van der Waals surface area contributed by atoms with E-state index in [4.69, 9.17) is 4.74 Å². The van der Waals surface area contributed by atoms with Crippen molar-refractivity contribution >= 4 is 15.7 Å². The zero-order valence-corrected chi connectivity index (χ0v) is 19.6. The molecular formula is C27H29NO4S. The van der Waals surface area contributed by atoms with Crippen molar-refractivity contribution in [3.63, 3.8) is 0 Å². The fraction of sp³-hybridized carbons (Fsp3) is 0.296. The maximum atomic E-state index is 12.9. The van der Waals surface area contributed by atoms with Crippen LogP contribution in [0.5, 0.6) is 5.75 Å². The molecular weight excluding hydrogens is 434 g/mol. The number of likely N-dealkylation sites (tertiary alicyclic amines) is 1. The molecule has 1 amide bonds. The van der Waals surface area contributed by atoms with Crippen LogP contribution in [0.3, 0.4) is 0 Å². The van der Waals surface area contributed by atoms with Crippen LogP contribution in [0.2, 0.25) is 0 Å². The number of hydrogen-bond donors (Lipinski definition) is 0. The highest BCUT2D eigenvalue weighted by atomic mass is 32.2. The lowest BCUT2D eigenvalue weighted by Crippen LogP contribution is -2.38. The Morgan fingerprint density at radius 2 is 1.48 bits per heavy atom. The summed E-state index contributed by atoms with van der Waals surface area (Å²) in [6, 6.07) is 23.6. The van der Waals surface area contributed by atoms with Gasteiger partial charge in [-0.1, -0.05) is 42.5 Å². The van der Waals surface area contributed by atoms with Crippen LogP contribution in [-0.2, 0) is 22.0 Å². The predicted octanol–water partition coefficient (Wildman–Crippen LogP) is 4.76. The summed E-state index contributed by atoms with van der Waals surface area (Å²) in [5.41, 5.74) is 2.57. The van der Waals surface area contributed by atoms with E-state index in [1.165, 1.54) is 5.56 Å². The molecule has 1 fully saturated rings. The fourth-order valence-corrected chi connectivity index (χ4v) is 5.66. The first-order valence-electron chi connectivity index (χ1n) is 11.2. The molecule has 1 aliphatic heterocycles. The molecule has 172 valence electrons. The Hall–Kier alpha value is -3.12. The van der Waals surface area contributed by atoms with Gasteiger partial charge in [0.2, 0.25) is 0 Å². The number of carbonyl (C=O) groups is 1. The lowest BCUT2D eigenvalue weighted by molar-refractivity contribution is 0.0690. The van der Waals surface area contributed by atoms with Gasteiger partial charge in [0.25, 0.3) is 5.91 Å². The third-order valence-electron chi connectivity index (χ3n) is 6.25. The van der Waals surface area contributed by atoms with Crippen molar-refractivity contribution in [1.82, 2.24) is 4.90 Å². The van der Waals surface area contributed by atoms with Crippen LogP contribution in [0.1, 0.15) is 34.3 Å². The van der Waals surface area contributed by atoms with Crippen molar-refractivity contribution in [2.24, 2.45) is 5.92 Å². The zero-order chi connectivity index (χ0) is 23.3. The Kier molecular flexibility index (Phi) is 7.14. The second kappa shape index (κ2) is 10.2. The van der Waals surface area contributed by atoms with Gasteiger partial charge >= 0.3 is 0 Å². The average Bonchev–Trinajstić information content (AvgIpc) is 2.85. The third kappa shape index (κ3) is 5.82. The molecule has 33 heavy (non-hydrogen) atoms. The number of methoxy groups -OCH3 is 1. The van der Waals surface area contributed by atoms with Gasteiger partial charge in [-0.15, -0.1) is 0 Å². The maximum absolute atomic E-state index is 12.9. The Labute approximate surface area is 195 Å². The Balaban J connectivity index is 1.31. The summed E-state index contributed by atoms with van der Waals surface area (Å²) in [6.45, 7) is 1.48. The van der Waals surface area contributed by atoms with Crippen LogP contribution in [0.4, 0.5) is 0 Å². The summed E-state index contributed by atoms with van der Waals surface area (Å²) in [4.78, 5) is 15.2. The lowest BCUT2D eigenvalue weighted by Gasteiger charge is -2.32. The van der Waals surface area contributed by atoms with Crippen LogP contribution < -0.4 is 4.74 Å². The Bertz CT molecular complexity index is 1170. The number of sulfone groups is 1. The molecule has 3 aromatic rings. The average molecular weight is 464 g/mol. The first-order chi connectivity index (χ1) is 15.9. The summed E-state index contributed by atoms with van der Waals surface area (Å²) in [7, 11) is -1.74. The molecule has 0 radical (unpaired) electrons. The van der Waals surface area contributed by atoms with E-state index in [-0.39, 0.29) is 11.7 Å². The normalized spacial score (nSPS) is 14.8. The van der Waals surface area contributed by atoms with E-state index in [0.29, 0.717) is 21.9 Å². The number of nitrogens with zero attached hydrogens (tertiary/aromatic N) is 1.